The van der Waals surface area contributed by atoms with E-state index in [9.17, 15) is 4.79 Å². The van der Waals surface area contributed by atoms with E-state index in [1.165, 1.54) is 11.3 Å². The summed E-state index contributed by atoms with van der Waals surface area (Å²) in [6.07, 6.45) is 0. The lowest BCUT2D eigenvalue weighted by Crippen LogP contribution is -2.44. The highest BCUT2D eigenvalue weighted by atomic mass is 32.1. The largest absolute Gasteiger partial charge is 0.377 e. The number of thiophene rings is 1. The van der Waals surface area contributed by atoms with E-state index >= 15 is 0 Å². The van der Waals surface area contributed by atoms with Gasteiger partial charge in [0.15, 0.2) is 5.82 Å². The van der Waals surface area contributed by atoms with Gasteiger partial charge in [0, 0.05) is 30.2 Å². The summed E-state index contributed by atoms with van der Waals surface area (Å²) in [4.78, 5) is 25.6. The first-order valence-corrected chi connectivity index (χ1v) is 8.38. The summed E-state index contributed by atoms with van der Waals surface area (Å²) in [6.45, 7) is 5.43. The Labute approximate surface area is 139 Å². The molecule has 1 aliphatic rings. The van der Waals surface area contributed by atoms with Gasteiger partial charge in [-0.25, -0.2) is 9.97 Å². The van der Waals surface area contributed by atoms with Crippen LogP contribution in [0.15, 0.2) is 18.2 Å². The Morgan fingerprint density at radius 3 is 2.91 bits per heavy atom. The topological polar surface area (TPSA) is 67.4 Å². The second-order valence-electron chi connectivity index (χ2n) is 5.50. The highest BCUT2D eigenvalue weighted by molar-refractivity contribution is 7.13. The first-order valence-electron chi connectivity index (χ1n) is 7.57. The highest BCUT2D eigenvalue weighted by Crippen LogP contribution is 2.27. The number of anilines is 1. The molecule has 122 valence electrons. The lowest BCUT2D eigenvalue weighted by molar-refractivity contribution is -0.00496. The SMILES string of the molecule is CNc1cc(C)nc([C@H]2COCCN2C(=O)c2ccc(C)s2)n1. The van der Waals surface area contributed by atoms with Crippen LogP contribution >= 0.6 is 11.3 Å². The van der Waals surface area contributed by atoms with Gasteiger partial charge in [0.2, 0.25) is 0 Å². The molecule has 1 fully saturated rings. The summed E-state index contributed by atoms with van der Waals surface area (Å²) in [5, 5.41) is 3.03. The first kappa shape index (κ1) is 15.9. The average Bonchev–Trinajstić information content (AvgIpc) is 3.00. The molecule has 1 aliphatic heterocycles. The Bertz CT molecular complexity index is 716. The molecule has 0 radical (unpaired) electrons. The Morgan fingerprint density at radius 2 is 2.22 bits per heavy atom. The fourth-order valence-electron chi connectivity index (χ4n) is 2.62. The first-order chi connectivity index (χ1) is 11.1. The van der Waals surface area contributed by atoms with Crippen molar-refractivity contribution in [2.75, 3.05) is 32.1 Å². The van der Waals surface area contributed by atoms with Gasteiger partial charge in [-0.15, -0.1) is 11.3 Å². The van der Waals surface area contributed by atoms with Crippen molar-refractivity contribution < 1.29 is 9.53 Å². The van der Waals surface area contributed by atoms with Crippen LogP contribution in [-0.4, -0.2) is 47.6 Å². The quantitative estimate of drug-likeness (QED) is 0.935. The summed E-state index contributed by atoms with van der Waals surface area (Å²) < 4.78 is 5.58. The third-order valence-corrected chi connectivity index (χ3v) is 4.75. The molecule has 3 rings (SSSR count). The van der Waals surface area contributed by atoms with E-state index in [1.807, 2.05) is 44.0 Å². The Hall–Kier alpha value is -1.99. The van der Waals surface area contributed by atoms with Crippen molar-refractivity contribution in [3.8, 4) is 0 Å². The zero-order valence-corrected chi connectivity index (χ0v) is 14.3. The molecular weight excluding hydrogens is 312 g/mol. The second-order valence-corrected chi connectivity index (χ2v) is 6.79. The van der Waals surface area contributed by atoms with Crippen molar-refractivity contribution in [2.45, 2.75) is 19.9 Å². The average molecular weight is 332 g/mol. The number of amides is 1. The number of rotatable bonds is 3. The van der Waals surface area contributed by atoms with Crippen LogP contribution in [0, 0.1) is 13.8 Å². The van der Waals surface area contributed by atoms with Crippen molar-refractivity contribution in [3.05, 3.63) is 39.5 Å². The predicted molar refractivity (Wildman–Crippen MR) is 90.0 cm³/mol. The van der Waals surface area contributed by atoms with Gasteiger partial charge >= 0.3 is 0 Å². The smallest absolute Gasteiger partial charge is 0.264 e. The zero-order valence-electron chi connectivity index (χ0n) is 13.5. The highest BCUT2D eigenvalue weighted by Gasteiger charge is 2.32. The molecular formula is C16H20N4O2S. The molecule has 0 spiro atoms. The molecule has 1 amide bonds. The summed E-state index contributed by atoms with van der Waals surface area (Å²) in [5.41, 5.74) is 0.865. The third kappa shape index (κ3) is 3.35. The number of carbonyl (C=O) groups is 1. The summed E-state index contributed by atoms with van der Waals surface area (Å²) in [5.74, 6) is 1.39. The molecule has 0 aromatic carbocycles. The maximum atomic E-state index is 12.8. The van der Waals surface area contributed by atoms with Crippen LogP contribution in [0.25, 0.3) is 0 Å². The van der Waals surface area contributed by atoms with Gasteiger partial charge in [-0.1, -0.05) is 0 Å². The fraction of sp³-hybridized carbons (Fsp3) is 0.438. The van der Waals surface area contributed by atoms with Crippen molar-refractivity contribution in [2.24, 2.45) is 0 Å². The van der Waals surface area contributed by atoms with Gasteiger partial charge in [0.05, 0.1) is 18.1 Å². The summed E-state index contributed by atoms with van der Waals surface area (Å²) in [6, 6.07) is 5.47. The molecule has 0 bridgehead atoms. The van der Waals surface area contributed by atoms with E-state index in [-0.39, 0.29) is 11.9 Å². The maximum absolute atomic E-state index is 12.8. The molecule has 1 saturated heterocycles. The van der Waals surface area contributed by atoms with E-state index in [4.69, 9.17) is 4.74 Å². The number of aryl methyl sites for hydroxylation is 2. The van der Waals surface area contributed by atoms with Gasteiger partial charge in [0.25, 0.3) is 5.91 Å². The normalized spacial score (nSPS) is 18.0. The fourth-order valence-corrected chi connectivity index (χ4v) is 3.44. The lowest BCUT2D eigenvalue weighted by Gasteiger charge is -2.34. The van der Waals surface area contributed by atoms with E-state index in [0.29, 0.717) is 25.6 Å². The minimum absolute atomic E-state index is 0.0208. The number of carbonyl (C=O) groups excluding carboxylic acids is 1. The van der Waals surface area contributed by atoms with Gasteiger partial charge in [0.1, 0.15) is 11.9 Å². The molecule has 3 heterocycles. The second kappa shape index (κ2) is 6.64. The van der Waals surface area contributed by atoms with E-state index in [2.05, 4.69) is 15.3 Å². The van der Waals surface area contributed by atoms with Crippen LogP contribution < -0.4 is 5.32 Å². The number of hydrogen-bond acceptors (Lipinski definition) is 6. The maximum Gasteiger partial charge on any atom is 0.264 e. The van der Waals surface area contributed by atoms with Gasteiger partial charge in [-0.3, -0.25) is 4.79 Å². The number of nitrogens with one attached hydrogen (secondary N) is 1. The Morgan fingerprint density at radius 1 is 1.39 bits per heavy atom. The summed E-state index contributed by atoms with van der Waals surface area (Å²) in [7, 11) is 1.82. The molecule has 0 saturated carbocycles. The van der Waals surface area contributed by atoms with Crippen LogP contribution in [0.4, 0.5) is 5.82 Å². The molecule has 23 heavy (non-hydrogen) atoms. The van der Waals surface area contributed by atoms with Gasteiger partial charge < -0.3 is 15.0 Å². The van der Waals surface area contributed by atoms with Gasteiger partial charge in [-0.2, -0.15) is 0 Å². The van der Waals surface area contributed by atoms with Crippen LogP contribution in [-0.2, 0) is 4.74 Å². The number of ether oxygens (including phenoxy) is 1. The minimum atomic E-state index is -0.259. The Balaban J connectivity index is 1.92. The monoisotopic (exact) mass is 332 g/mol. The predicted octanol–water partition coefficient (Wildman–Crippen LogP) is 2.41. The summed E-state index contributed by atoms with van der Waals surface area (Å²) >= 11 is 1.51. The van der Waals surface area contributed by atoms with Crippen molar-refractivity contribution in [1.82, 2.24) is 14.9 Å². The van der Waals surface area contributed by atoms with Crippen LogP contribution in [0.1, 0.15) is 32.1 Å². The van der Waals surface area contributed by atoms with Crippen molar-refractivity contribution in [3.63, 3.8) is 0 Å². The standard InChI is InChI=1S/C16H20N4O2S/c1-10-8-14(17-3)19-15(18-10)12-9-22-7-6-20(12)16(21)13-5-4-11(2)23-13/h4-5,8,12H,6-7,9H2,1-3H3,(H,17,18,19)/t12-/m1/s1. The molecule has 0 aliphatic carbocycles. The molecule has 2 aromatic heterocycles. The van der Waals surface area contributed by atoms with Crippen molar-refractivity contribution in [1.29, 1.82) is 0 Å². The van der Waals surface area contributed by atoms with E-state index in [1.54, 1.807) is 0 Å². The zero-order chi connectivity index (χ0) is 16.4. The minimum Gasteiger partial charge on any atom is -0.377 e. The van der Waals surface area contributed by atoms with Crippen LogP contribution in [0.2, 0.25) is 0 Å². The Kier molecular flexibility index (Phi) is 4.58. The van der Waals surface area contributed by atoms with E-state index in [0.717, 1.165) is 21.3 Å². The molecule has 0 unspecified atom stereocenters. The van der Waals surface area contributed by atoms with Gasteiger partial charge in [-0.05, 0) is 26.0 Å². The number of nitrogens with zero attached hydrogens (tertiary/aromatic N) is 3. The molecule has 1 atom stereocenters. The molecule has 7 heteroatoms. The van der Waals surface area contributed by atoms with E-state index < -0.39 is 0 Å². The van der Waals surface area contributed by atoms with Crippen LogP contribution in [0.5, 0.6) is 0 Å². The third-order valence-electron chi connectivity index (χ3n) is 3.77. The van der Waals surface area contributed by atoms with Crippen LogP contribution in [0.3, 0.4) is 0 Å². The van der Waals surface area contributed by atoms with Crippen molar-refractivity contribution >= 4 is 23.1 Å². The molecule has 1 N–H and O–H groups in total. The lowest BCUT2D eigenvalue weighted by atomic mass is 10.2. The number of hydrogen-bond donors (Lipinski definition) is 1. The molecule has 6 nitrogen and oxygen atoms in total. The molecule has 2 aromatic rings. The number of aromatic nitrogens is 2. The number of morpholine rings is 1.